The Hall–Kier alpha value is -2.35. The minimum absolute atomic E-state index is 0.0225. The topological polar surface area (TPSA) is 102 Å². The largest absolute Gasteiger partial charge is 0.295 e. The zero-order chi connectivity index (χ0) is 15.6. The molecule has 0 spiro atoms. The van der Waals surface area contributed by atoms with Crippen molar-refractivity contribution in [1.29, 1.82) is 0 Å². The van der Waals surface area contributed by atoms with E-state index in [4.69, 9.17) is 0 Å². The smallest absolute Gasteiger partial charge is 0.264 e. The van der Waals surface area contributed by atoms with Gasteiger partial charge in [0.15, 0.2) is 5.78 Å². The lowest BCUT2D eigenvalue weighted by atomic mass is 10.2. The molecule has 0 bridgehead atoms. The lowest BCUT2D eigenvalue weighted by Crippen LogP contribution is -2.16. The van der Waals surface area contributed by atoms with Crippen molar-refractivity contribution >= 4 is 21.8 Å². The molecule has 8 heteroatoms. The van der Waals surface area contributed by atoms with Gasteiger partial charge in [0.25, 0.3) is 16.0 Å². The summed E-state index contributed by atoms with van der Waals surface area (Å²) in [5.74, 6) is -0.220. The molecule has 1 heterocycles. The molecule has 0 saturated heterocycles. The fraction of sp³-hybridized carbons (Fsp3) is 0.231. The van der Waals surface area contributed by atoms with Crippen LogP contribution in [0.2, 0.25) is 0 Å². The van der Waals surface area contributed by atoms with Gasteiger partial charge in [-0.15, -0.1) is 5.10 Å². The summed E-state index contributed by atoms with van der Waals surface area (Å²) in [5, 5.41) is 7.50. The Morgan fingerprint density at radius 1 is 1.05 bits per heavy atom. The SMILES string of the molecule is CC(=O)c1ccc(S(=O)(=O)Nc2nnc(C)c(C)n2)cc1. The maximum absolute atomic E-state index is 12.2. The van der Waals surface area contributed by atoms with Crippen LogP contribution in [-0.4, -0.2) is 29.4 Å². The fourth-order valence-electron chi connectivity index (χ4n) is 1.55. The number of hydrogen-bond acceptors (Lipinski definition) is 6. The molecule has 2 rings (SSSR count). The number of carbonyl (C=O) groups is 1. The highest BCUT2D eigenvalue weighted by molar-refractivity contribution is 7.92. The van der Waals surface area contributed by atoms with Gasteiger partial charge in [-0.2, -0.15) is 5.10 Å². The van der Waals surface area contributed by atoms with Gasteiger partial charge in [-0.05, 0) is 32.9 Å². The molecule has 7 nitrogen and oxygen atoms in total. The Bertz CT molecular complexity index is 786. The van der Waals surface area contributed by atoms with Crippen LogP contribution in [0.5, 0.6) is 0 Å². The summed E-state index contributed by atoms with van der Waals surface area (Å²) in [6.45, 7) is 4.86. The average molecular weight is 306 g/mol. The predicted octanol–water partition coefficient (Wildman–Crippen LogP) is 1.49. The standard InChI is InChI=1S/C13H14N4O3S/c1-8-9(2)15-16-13(14-8)17-21(19,20)12-6-4-11(5-7-12)10(3)18/h4-7H,1-3H3,(H,14,16,17). The minimum atomic E-state index is -3.81. The number of nitrogens with one attached hydrogen (secondary N) is 1. The van der Waals surface area contributed by atoms with E-state index in [0.29, 0.717) is 17.0 Å². The molecule has 0 aliphatic heterocycles. The van der Waals surface area contributed by atoms with Gasteiger partial charge in [0.05, 0.1) is 16.3 Å². The molecule has 1 aromatic carbocycles. The van der Waals surface area contributed by atoms with Crippen molar-refractivity contribution in [3.8, 4) is 0 Å². The maximum Gasteiger partial charge on any atom is 0.264 e. The molecule has 0 aliphatic rings. The van der Waals surface area contributed by atoms with Gasteiger partial charge >= 0.3 is 0 Å². The van der Waals surface area contributed by atoms with E-state index in [-0.39, 0.29) is 16.6 Å². The third-order valence-corrected chi connectivity index (χ3v) is 4.23. The summed E-state index contributed by atoms with van der Waals surface area (Å²) in [5.41, 5.74) is 1.66. The van der Waals surface area contributed by atoms with Gasteiger partial charge in [0.1, 0.15) is 0 Å². The number of carbonyl (C=O) groups excluding carboxylic acids is 1. The van der Waals surface area contributed by atoms with E-state index in [1.165, 1.54) is 31.2 Å². The summed E-state index contributed by atoms with van der Waals surface area (Å²) >= 11 is 0. The van der Waals surface area contributed by atoms with Crippen molar-refractivity contribution in [2.75, 3.05) is 4.72 Å². The molecule has 0 radical (unpaired) electrons. The van der Waals surface area contributed by atoms with Gasteiger partial charge in [-0.3, -0.25) is 4.79 Å². The number of ketones is 1. The molecule has 0 aliphatic carbocycles. The number of Topliss-reactive ketones (excluding diaryl/α,β-unsaturated/α-hetero) is 1. The molecule has 0 fully saturated rings. The van der Waals surface area contributed by atoms with Crippen molar-refractivity contribution < 1.29 is 13.2 Å². The quantitative estimate of drug-likeness (QED) is 0.859. The Kier molecular flexibility index (Phi) is 3.99. The maximum atomic E-state index is 12.2. The first kappa shape index (κ1) is 15.0. The molecule has 0 unspecified atom stereocenters. The summed E-state index contributed by atoms with van der Waals surface area (Å²) in [6, 6.07) is 5.62. The van der Waals surface area contributed by atoms with Crippen LogP contribution in [0.25, 0.3) is 0 Å². The number of benzene rings is 1. The molecular weight excluding hydrogens is 292 g/mol. The van der Waals surface area contributed by atoms with Gasteiger partial charge in [0, 0.05) is 5.56 Å². The summed E-state index contributed by atoms with van der Waals surface area (Å²) in [6.07, 6.45) is 0. The molecule has 0 atom stereocenters. The summed E-state index contributed by atoms with van der Waals surface area (Å²) in [7, 11) is -3.81. The molecule has 110 valence electrons. The normalized spacial score (nSPS) is 11.2. The number of rotatable bonds is 4. The van der Waals surface area contributed by atoms with Gasteiger partial charge < -0.3 is 0 Å². The Morgan fingerprint density at radius 3 is 2.19 bits per heavy atom. The van der Waals surface area contributed by atoms with Crippen molar-refractivity contribution in [1.82, 2.24) is 15.2 Å². The van der Waals surface area contributed by atoms with Crippen LogP contribution < -0.4 is 4.72 Å². The van der Waals surface area contributed by atoms with Crippen molar-refractivity contribution in [2.24, 2.45) is 0 Å². The third kappa shape index (κ3) is 3.40. The third-order valence-electron chi connectivity index (χ3n) is 2.89. The fourth-order valence-corrected chi connectivity index (χ4v) is 2.49. The average Bonchev–Trinajstić information content (AvgIpc) is 2.43. The molecule has 1 N–H and O–H groups in total. The predicted molar refractivity (Wildman–Crippen MR) is 76.6 cm³/mol. The zero-order valence-electron chi connectivity index (χ0n) is 11.8. The number of anilines is 1. The van der Waals surface area contributed by atoms with Crippen LogP contribution in [-0.2, 0) is 10.0 Å². The highest BCUT2D eigenvalue weighted by atomic mass is 32.2. The Morgan fingerprint density at radius 2 is 1.67 bits per heavy atom. The second kappa shape index (κ2) is 5.57. The summed E-state index contributed by atoms with van der Waals surface area (Å²) < 4.78 is 26.6. The number of nitrogens with zero attached hydrogens (tertiary/aromatic N) is 3. The van der Waals surface area contributed by atoms with Crippen molar-refractivity contribution in [2.45, 2.75) is 25.7 Å². The van der Waals surface area contributed by atoms with E-state index in [9.17, 15) is 13.2 Å². The second-order valence-electron chi connectivity index (χ2n) is 4.49. The molecule has 1 aromatic heterocycles. The Balaban J connectivity index is 2.29. The lowest BCUT2D eigenvalue weighted by molar-refractivity contribution is 0.101. The van der Waals surface area contributed by atoms with E-state index in [1.54, 1.807) is 13.8 Å². The van der Waals surface area contributed by atoms with E-state index in [2.05, 4.69) is 19.9 Å². The van der Waals surface area contributed by atoms with Crippen LogP contribution in [0.4, 0.5) is 5.95 Å². The van der Waals surface area contributed by atoms with Gasteiger partial charge in [0.2, 0.25) is 0 Å². The van der Waals surface area contributed by atoms with Crippen LogP contribution in [0.3, 0.4) is 0 Å². The second-order valence-corrected chi connectivity index (χ2v) is 6.17. The first-order chi connectivity index (χ1) is 9.79. The van der Waals surface area contributed by atoms with E-state index < -0.39 is 10.0 Å². The molecule has 21 heavy (non-hydrogen) atoms. The number of hydrogen-bond donors (Lipinski definition) is 1. The van der Waals surface area contributed by atoms with E-state index in [1.807, 2.05) is 0 Å². The van der Waals surface area contributed by atoms with E-state index in [0.717, 1.165) is 0 Å². The molecule has 2 aromatic rings. The monoisotopic (exact) mass is 306 g/mol. The van der Waals surface area contributed by atoms with Gasteiger partial charge in [-0.1, -0.05) is 12.1 Å². The highest BCUT2D eigenvalue weighted by Gasteiger charge is 2.16. The number of aromatic nitrogens is 3. The van der Waals surface area contributed by atoms with Crippen molar-refractivity contribution in [3.63, 3.8) is 0 Å². The zero-order valence-corrected chi connectivity index (χ0v) is 12.6. The highest BCUT2D eigenvalue weighted by Crippen LogP contribution is 2.14. The lowest BCUT2D eigenvalue weighted by Gasteiger charge is -2.07. The first-order valence-electron chi connectivity index (χ1n) is 6.11. The van der Waals surface area contributed by atoms with Crippen LogP contribution >= 0.6 is 0 Å². The van der Waals surface area contributed by atoms with E-state index >= 15 is 0 Å². The first-order valence-corrected chi connectivity index (χ1v) is 7.59. The molecule has 0 amide bonds. The van der Waals surface area contributed by atoms with Gasteiger partial charge in [-0.25, -0.2) is 18.1 Å². The molecule has 0 saturated carbocycles. The number of aryl methyl sites for hydroxylation is 2. The van der Waals surface area contributed by atoms with Crippen LogP contribution in [0.1, 0.15) is 28.7 Å². The minimum Gasteiger partial charge on any atom is -0.295 e. The van der Waals surface area contributed by atoms with Crippen LogP contribution in [0, 0.1) is 13.8 Å². The Labute approximate surface area is 122 Å². The molecular formula is C13H14N4O3S. The summed E-state index contributed by atoms with van der Waals surface area (Å²) in [4.78, 5) is 15.2. The van der Waals surface area contributed by atoms with Crippen molar-refractivity contribution in [3.05, 3.63) is 41.2 Å². The van der Waals surface area contributed by atoms with Crippen LogP contribution in [0.15, 0.2) is 29.2 Å². The number of sulfonamides is 1.